The van der Waals surface area contributed by atoms with Gasteiger partial charge in [0.1, 0.15) is 0 Å². The topological polar surface area (TPSA) is 116 Å². The molecule has 20 heavy (non-hydrogen) atoms. The minimum Gasteiger partial charge on any atom is -0.464 e. The second-order valence-electron chi connectivity index (χ2n) is 3.89. The number of nitrogens with two attached hydrogens (primary N) is 1. The van der Waals surface area contributed by atoms with E-state index in [9.17, 15) is 0 Å². The number of hydrogen-bond acceptors (Lipinski definition) is 8. The van der Waals surface area contributed by atoms with Crippen LogP contribution >= 0.6 is 0 Å². The maximum absolute atomic E-state index is 5.31. The number of rotatable bonds is 8. The molecule has 0 fully saturated rings. The Hall–Kier alpha value is -2.42. The van der Waals surface area contributed by atoms with Crippen LogP contribution < -0.4 is 21.3 Å². The predicted octanol–water partition coefficient (Wildman–Crippen LogP) is 0.255. The van der Waals surface area contributed by atoms with Gasteiger partial charge in [0.05, 0.1) is 6.61 Å². The van der Waals surface area contributed by atoms with Crippen molar-refractivity contribution in [3.63, 3.8) is 0 Å². The number of nitrogens with zero attached hydrogens (tertiary/aromatic N) is 5. The molecule has 0 amide bonds. The van der Waals surface area contributed by atoms with Crippen molar-refractivity contribution in [1.29, 1.82) is 0 Å². The minimum absolute atomic E-state index is 0.241. The van der Waals surface area contributed by atoms with E-state index in [2.05, 4.69) is 30.8 Å². The number of nitrogen functional groups attached to an aromatic ring is 1. The molecule has 0 aromatic carbocycles. The highest BCUT2D eigenvalue weighted by Gasteiger charge is 2.05. The third-order valence-corrected chi connectivity index (χ3v) is 2.42. The summed E-state index contributed by atoms with van der Waals surface area (Å²) in [5, 5.41) is 7.23. The van der Waals surface area contributed by atoms with E-state index in [-0.39, 0.29) is 12.0 Å². The summed E-state index contributed by atoms with van der Waals surface area (Å²) in [6.07, 6.45) is 4.57. The van der Waals surface area contributed by atoms with Crippen molar-refractivity contribution in [1.82, 2.24) is 24.7 Å². The van der Waals surface area contributed by atoms with Crippen LogP contribution in [0.3, 0.4) is 0 Å². The molecule has 0 aliphatic heterocycles. The van der Waals surface area contributed by atoms with Crippen LogP contribution in [0.25, 0.3) is 0 Å². The number of hydrazine groups is 1. The van der Waals surface area contributed by atoms with Crippen LogP contribution in [-0.2, 0) is 6.54 Å². The van der Waals surface area contributed by atoms with Crippen molar-refractivity contribution in [3.8, 4) is 6.01 Å². The zero-order valence-corrected chi connectivity index (χ0v) is 11.3. The highest BCUT2D eigenvalue weighted by atomic mass is 16.5. The average molecular weight is 278 g/mol. The van der Waals surface area contributed by atoms with Gasteiger partial charge in [-0.15, -0.1) is 0 Å². The molecule has 4 N–H and O–H groups in total. The Bertz CT molecular complexity index is 515. The highest BCUT2D eigenvalue weighted by molar-refractivity contribution is 5.34. The molecule has 0 atom stereocenters. The van der Waals surface area contributed by atoms with Gasteiger partial charge in [-0.1, -0.05) is 0 Å². The van der Waals surface area contributed by atoms with Crippen molar-refractivity contribution in [2.45, 2.75) is 19.9 Å². The van der Waals surface area contributed by atoms with Gasteiger partial charge in [-0.05, 0) is 19.4 Å². The van der Waals surface area contributed by atoms with E-state index in [1.54, 1.807) is 6.20 Å². The molecule has 0 unspecified atom stereocenters. The van der Waals surface area contributed by atoms with E-state index < -0.39 is 0 Å². The third kappa shape index (κ3) is 4.05. The first-order valence-electron chi connectivity index (χ1n) is 6.38. The molecule has 0 bridgehead atoms. The fourth-order valence-corrected chi connectivity index (χ4v) is 1.57. The van der Waals surface area contributed by atoms with Crippen LogP contribution in [0.1, 0.15) is 13.3 Å². The van der Waals surface area contributed by atoms with Gasteiger partial charge in [-0.2, -0.15) is 20.1 Å². The van der Waals surface area contributed by atoms with Gasteiger partial charge in [0.2, 0.25) is 11.9 Å². The number of ether oxygens (including phenoxy) is 1. The molecule has 108 valence electrons. The zero-order valence-electron chi connectivity index (χ0n) is 11.3. The van der Waals surface area contributed by atoms with Crippen LogP contribution in [0.15, 0.2) is 18.5 Å². The number of anilines is 2. The third-order valence-electron chi connectivity index (χ3n) is 2.42. The van der Waals surface area contributed by atoms with Crippen molar-refractivity contribution in [2.75, 3.05) is 23.9 Å². The number of aryl methyl sites for hydroxylation is 1. The largest absolute Gasteiger partial charge is 0.464 e. The first-order valence-corrected chi connectivity index (χ1v) is 6.38. The second-order valence-corrected chi connectivity index (χ2v) is 3.89. The van der Waals surface area contributed by atoms with Crippen LogP contribution in [0.5, 0.6) is 6.01 Å². The summed E-state index contributed by atoms with van der Waals surface area (Å²) in [7, 11) is 0. The lowest BCUT2D eigenvalue weighted by Crippen LogP contribution is -2.15. The van der Waals surface area contributed by atoms with Crippen LogP contribution in [0.4, 0.5) is 11.9 Å². The first-order chi connectivity index (χ1) is 9.81. The van der Waals surface area contributed by atoms with Gasteiger partial charge in [-0.25, -0.2) is 5.84 Å². The van der Waals surface area contributed by atoms with Crippen molar-refractivity contribution >= 4 is 11.9 Å². The average Bonchev–Trinajstić information content (AvgIpc) is 2.97. The maximum Gasteiger partial charge on any atom is 0.323 e. The lowest BCUT2D eigenvalue weighted by atomic mass is 10.4. The van der Waals surface area contributed by atoms with Gasteiger partial charge >= 0.3 is 6.01 Å². The number of hydrogen-bond donors (Lipinski definition) is 3. The molecule has 0 saturated carbocycles. The molecule has 0 spiro atoms. The van der Waals surface area contributed by atoms with Crippen molar-refractivity contribution in [3.05, 3.63) is 18.5 Å². The van der Waals surface area contributed by atoms with Crippen molar-refractivity contribution < 1.29 is 4.74 Å². The quantitative estimate of drug-likeness (QED) is 0.357. The smallest absolute Gasteiger partial charge is 0.323 e. The van der Waals surface area contributed by atoms with E-state index in [4.69, 9.17) is 10.6 Å². The van der Waals surface area contributed by atoms with Gasteiger partial charge < -0.3 is 10.1 Å². The zero-order chi connectivity index (χ0) is 14.2. The molecule has 0 aliphatic rings. The summed E-state index contributed by atoms with van der Waals surface area (Å²) in [5.74, 6) is 5.99. The molecule has 2 aromatic heterocycles. The minimum atomic E-state index is 0.241. The molecule has 0 radical (unpaired) electrons. The summed E-state index contributed by atoms with van der Waals surface area (Å²) in [6, 6.07) is 2.14. The SMILES string of the molecule is CCOc1nc(NN)nc(NCCCn2cccn2)n1. The number of nitrogens with one attached hydrogen (secondary N) is 2. The fourth-order valence-electron chi connectivity index (χ4n) is 1.57. The highest BCUT2D eigenvalue weighted by Crippen LogP contribution is 2.10. The summed E-state index contributed by atoms with van der Waals surface area (Å²) in [4.78, 5) is 12.2. The first kappa shape index (κ1) is 14.0. The Morgan fingerprint density at radius 3 is 2.85 bits per heavy atom. The van der Waals surface area contributed by atoms with Gasteiger partial charge in [0, 0.05) is 25.5 Å². The second kappa shape index (κ2) is 7.24. The van der Waals surface area contributed by atoms with E-state index in [1.165, 1.54) is 0 Å². The van der Waals surface area contributed by atoms with E-state index in [0.29, 0.717) is 19.1 Å². The molecule has 9 heteroatoms. The summed E-state index contributed by atoms with van der Waals surface area (Å²) < 4.78 is 7.11. The molecule has 2 aromatic rings. The van der Waals surface area contributed by atoms with E-state index in [0.717, 1.165) is 13.0 Å². The molecule has 9 nitrogen and oxygen atoms in total. The van der Waals surface area contributed by atoms with E-state index in [1.807, 2.05) is 23.9 Å². The molecular weight excluding hydrogens is 260 g/mol. The normalized spacial score (nSPS) is 10.3. The standard InChI is InChI=1S/C11H18N8O/c1-2-20-11-16-9(15-10(17-11)18-12)13-5-3-7-19-8-4-6-14-19/h4,6,8H,2-3,5,7,12H2,1H3,(H2,13,15,16,17,18). The molecular formula is C11H18N8O. The van der Waals surface area contributed by atoms with Crippen LogP contribution in [-0.4, -0.2) is 37.9 Å². The summed E-state index contributed by atoms with van der Waals surface area (Å²) in [6.45, 7) is 3.87. The summed E-state index contributed by atoms with van der Waals surface area (Å²) in [5.41, 5.74) is 2.38. The maximum atomic E-state index is 5.31. The summed E-state index contributed by atoms with van der Waals surface area (Å²) >= 11 is 0. The van der Waals surface area contributed by atoms with Gasteiger partial charge in [-0.3, -0.25) is 10.1 Å². The fraction of sp³-hybridized carbons (Fsp3) is 0.455. The lowest BCUT2D eigenvalue weighted by molar-refractivity contribution is 0.312. The Morgan fingerprint density at radius 2 is 2.15 bits per heavy atom. The molecule has 0 aliphatic carbocycles. The Morgan fingerprint density at radius 1 is 1.30 bits per heavy atom. The Kier molecular flexibility index (Phi) is 5.07. The monoisotopic (exact) mass is 278 g/mol. The van der Waals surface area contributed by atoms with E-state index >= 15 is 0 Å². The van der Waals surface area contributed by atoms with Crippen LogP contribution in [0.2, 0.25) is 0 Å². The Labute approximate surface area is 116 Å². The van der Waals surface area contributed by atoms with Gasteiger partial charge in [0.15, 0.2) is 0 Å². The van der Waals surface area contributed by atoms with Gasteiger partial charge in [0.25, 0.3) is 0 Å². The predicted molar refractivity (Wildman–Crippen MR) is 74.1 cm³/mol. The number of aromatic nitrogens is 5. The van der Waals surface area contributed by atoms with Crippen molar-refractivity contribution in [2.24, 2.45) is 5.84 Å². The molecule has 0 saturated heterocycles. The Balaban J connectivity index is 1.86. The molecule has 2 rings (SSSR count). The van der Waals surface area contributed by atoms with Crippen LogP contribution in [0, 0.1) is 0 Å². The lowest BCUT2D eigenvalue weighted by Gasteiger charge is -2.08. The molecule has 2 heterocycles.